The largest absolute Gasteiger partial charge is 0.495 e. The number of carboxylic acids is 1. The number of urea groups is 2. The summed E-state index contributed by atoms with van der Waals surface area (Å²) in [7, 11) is 8.74. The summed E-state index contributed by atoms with van der Waals surface area (Å²) in [4.78, 5) is 150. The number of aromatic carboxylic acids is 1. The Balaban J connectivity index is 0.000000364. The molecule has 542 valence electrons. The number of methoxy groups -OCH3 is 5. The number of nitro groups is 2. The van der Waals surface area contributed by atoms with Crippen molar-refractivity contribution in [1.82, 2.24) is 19.9 Å². The maximum Gasteiger partial charge on any atom is 0.423 e. The average Bonchev–Trinajstić information content (AvgIpc) is 0.754. The molecule has 101 heavy (non-hydrogen) atoms. The molecule has 34 nitrogen and oxygen atoms in total. The summed E-state index contributed by atoms with van der Waals surface area (Å²) in [5.41, 5.74) is -7.87. The summed E-state index contributed by atoms with van der Waals surface area (Å²) in [5, 5.41) is 32.7. The van der Waals surface area contributed by atoms with Crippen LogP contribution in [-0.2, 0) is 23.7 Å². The number of halogens is 4. The van der Waals surface area contributed by atoms with E-state index in [2.05, 4.69) is 24.7 Å². The van der Waals surface area contributed by atoms with Crippen LogP contribution in [0.1, 0.15) is 104 Å². The SMILES string of the molecule is COC(=O)c1ccc(N(C(=O)OC(C)(C)C)c2cc(N(C)C(=O)N(C(=O)OC(C)(C)C)c3c(Cl)c(OC)cc(OC)c3Cl)ncn2)c([N+](=O)[O-])c1.COc1cc(OC)c(Cl)c(N(C(=O)OC(C)(C)C)C(=O)N(C)c2cc(N(C(=O)OC(C)(C)C)c3ccc(C(=O)O)cc3[N+](=O)[O-])ncn2)c1Cl. The molecule has 0 unspecified atom stereocenters. The highest BCUT2D eigenvalue weighted by atomic mass is 35.5. The highest BCUT2D eigenvalue weighted by Crippen LogP contribution is 2.49. The Hall–Kier alpha value is -10.8. The molecule has 0 radical (unpaired) electrons. The van der Waals surface area contributed by atoms with E-state index >= 15 is 0 Å². The second-order valence-corrected chi connectivity index (χ2v) is 26.2. The molecule has 0 saturated heterocycles. The average molecular weight is 1490 g/mol. The molecular weight excluding hydrogens is 1420 g/mol. The minimum Gasteiger partial charge on any atom is -0.495 e. The van der Waals surface area contributed by atoms with Gasteiger partial charge >= 0.3 is 48.4 Å². The van der Waals surface area contributed by atoms with Crippen molar-refractivity contribution in [2.75, 3.05) is 79.0 Å². The molecule has 0 atom stereocenters. The Morgan fingerprint density at radius 3 is 1.00 bits per heavy atom. The van der Waals surface area contributed by atoms with Gasteiger partial charge in [-0.25, -0.2) is 68.1 Å². The van der Waals surface area contributed by atoms with Gasteiger partial charge in [0.15, 0.2) is 0 Å². The Kier molecular flexibility index (Phi) is 26.0. The molecule has 0 saturated carbocycles. The van der Waals surface area contributed by atoms with E-state index in [9.17, 15) is 63.7 Å². The predicted octanol–water partition coefficient (Wildman–Crippen LogP) is 15.0. The lowest BCUT2D eigenvalue weighted by Crippen LogP contribution is -2.48. The fourth-order valence-corrected chi connectivity index (χ4v) is 9.75. The molecule has 0 aliphatic heterocycles. The van der Waals surface area contributed by atoms with Crippen LogP contribution in [0.4, 0.5) is 86.2 Å². The topological polar surface area (TPSA) is 397 Å². The summed E-state index contributed by atoms with van der Waals surface area (Å²) < 4.78 is 48.0. The Bertz CT molecular complexity index is 4180. The van der Waals surface area contributed by atoms with Crippen molar-refractivity contribution in [3.63, 3.8) is 0 Å². The molecule has 2 heterocycles. The van der Waals surface area contributed by atoms with E-state index in [0.717, 1.165) is 76.9 Å². The fourth-order valence-electron chi connectivity index (χ4n) is 8.41. The summed E-state index contributed by atoms with van der Waals surface area (Å²) in [6.07, 6.45) is -2.73. The van der Waals surface area contributed by atoms with E-state index in [-0.39, 0.29) is 89.0 Å². The van der Waals surface area contributed by atoms with Crippen LogP contribution < -0.4 is 48.3 Å². The smallest absolute Gasteiger partial charge is 0.423 e. The third-order valence-corrected chi connectivity index (χ3v) is 14.2. The zero-order chi connectivity index (χ0) is 76.5. The van der Waals surface area contributed by atoms with E-state index in [1.165, 1.54) is 60.7 Å². The Labute approximate surface area is 597 Å². The standard InChI is InChI=1S/C32H36Cl2N6O11.C31H34Cl2N6O11/c1-31(2,3)50-29(43)38(18-12-11-17(27(41)49-10)13-19(18)40(45)46)23-15-22(35-16-36-23)37(7)28(42)39(30(44)51-32(4,5)6)26-24(33)20(47-8)14-21(48-9)25(26)34;1-30(2,3)49-28(43)37(17-11-10-16(26(40)41)12-18(17)39(45)46)22-14-21(34-15-35-22)36(7)27(42)38(29(44)50-31(4,5)6)25-23(32)19(47-8)13-20(48-9)24(25)33/h11-16H,1-10H3;10-15H,1-9H3,(H,40,41). The first-order chi connectivity index (χ1) is 46.8. The molecule has 0 fully saturated rings. The molecule has 0 aliphatic rings. The lowest BCUT2D eigenvalue weighted by atomic mass is 10.1. The van der Waals surface area contributed by atoms with E-state index in [1.54, 1.807) is 83.1 Å². The molecule has 6 aromatic rings. The maximum atomic E-state index is 14.3. The van der Waals surface area contributed by atoms with Crippen molar-refractivity contribution in [2.24, 2.45) is 0 Å². The lowest BCUT2D eigenvalue weighted by molar-refractivity contribution is -0.384. The highest BCUT2D eigenvalue weighted by Gasteiger charge is 2.41. The van der Waals surface area contributed by atoms with Gasteiger partial charge in [0.25, 0.3) is 11.4 Å². The minimum absolute atomic E-state index is 0.000218. The van der Waals surface area contributed by atoms with Gasteiger partial charge in [-0.15, -0.1) is 0 Å². The second-order valence-electron chi connectivity index (χ2n) is 24.6. The number of hydrogen-bond acceptors (Lipinski definition) is 25. The van der Waals surface area contributed by atoms with E-state index in [0.29, 0.717) is 14.7 Å². The summed E-state index contributed by atoms with van der Waals surface area (Å²) in [6, 6.07) is 8.81. The number of carbonyl (C=O) groups is 8. The van der Waals surface area contributed by atoms with Crippen LogP contribution in [0, 0.1) is 20.2 Å². The number of carbonyl (C=O) groups excluding carboxylic acids is 7. The fraction of sp³-hybridized carbons (Fsp3) is 0.365. The normalized spacial score (nSPS) is 11.2. The van der Waals surface area contributed by atoms with E-state index < -0.39 is 103 Å². The van der Waals surface area contributed by atoms with Gasteiger partial charge in [-0.2, -0.15) is 9.80 Å². The van der Waals surface area contributed by atoms with Crippen LogP contribution >= 0.6 is 46.4 Å². The maximum absolute atomic E-state index is 14.3. The first-order valence-electron chi connectivity index (χ1n) is 29.2. The van der Waals surface area contributed by atoms with Crippen LogP contribution in [0.3, 0.4) is 0 Å². The monoisotopic (exact) mass is 1490 g/mol. The van der Waals surface area contributed by atoms with Crippen LogP contribution in [0.5, 0.6) is 23.0 Å². The number of carboxylic acid groups (broad SMARTS) is 1. The van der Waals surface area contributed by atoms with Gasteiger partial charge in [-0.1, -0.05) is 46.4 Å². The van der Waals surface area contributed by atoms with Gasteiger partial charge in [0.2, 0.25) is 0 Å². The van der Waals surface area contributed by atoms with Crippen molar-refractivity contribution < 1.29 is 95.9 Å². The molecule has 1 N–H and O–H groups in total. The van der Waals surface area contributed by atoms with Gasteiger partial charge in [0.05, 0.1) is 56.5 Å². The quantitative estimate of drug-likeness (QED) is 0.0407. The van der Waals surface area contributed by atoms with E-state index in [1.807, 2.05) is 0 Å². The Morgan fingerprint density at radius 2 is 0.723 bits per heavy atom. The molecule has 0 aliphatic carbocycles. The van der Waals surface area contributed by atoms with Crippen LogP contribution in [0.2, 0.25) is 20.1 Å². The zero-order valence-electron chi connectivity index (χ0n) is 57.8. The van der Waals surface area contributed by atoms with Gasteiger partial charge in [-0.05, 0) is 107 Å². The molecule has 6 rings (SSSR count). The van der Waals surface area contributed by atoms with Crippen molar-refractivity contribution in [2.45, 2.75) is 105 Å². The second kappa shape index (κ2) is 32.4. The van der Waals surface area contributed by atoms with Crippen LogP contribution in [-0.4, -0.2) is 155 Å². The van der Waals surface area contributed by atoms with Crippen LogP contribution in [0.25, 0.3) is 0 Å². The van der Waals surface area contributed by atoms with Crippen molar-refractivity contribution >= 4 is 152 Å². The summed E-state index contributed by atoms with van der Waals surface area (Å²) >= 11 is 26.4. The van der Waals surface area contributed by atoms with Crippen molar-refractivity contribution in [1.29, 1.82) is 0 Å². The number of nitro benzene ring substituents is 2. The molecule has 4 aromatic carbocycles. The minimum atomic E-state index is -1.45. The summed E-state index contributed by atoms with van der Waals surface area (Å²) in [5.74, 6) is -3.39. The number of imide groups is 2. The van der Waals surface area contributed by atoms with Gasteiger partial charge in [-0.3, -0.25) is 30.0 Å². The first-order valence-corrected chi connectivity index (χ1v) is 30.7. The van der Waals surface area contributed by atoms with Gasteiger partial charge in [0.1, 0.15) is 124 Å². The van der Waals surface area contributed by atoms with E-state index in [4.69, 9.17) is 84.3 Å². The number of esters is 1. The van der Waals surface area contributed by atoms with Crippen molar-refractivity contribution in [3.8, 4) is 23.0 Å². The zero-order valence-corrected chi connectivity index (χ0v) is 60.9. The van der Waals surface area contributed by atoms with Gasteiger partial charge in [0, 0.05) is 50.5 Å². The molecule has 38 heteroatoms. The molecule has 2 aromatic heterocycles. The third kappa shape index (κ3) is 19.8. The van der Waals surface area contributed by atoms with Crippen molar-refractivity contribution in [3.05, 3.63) is 125 Å². The number of nitrogens with zero attached hydrogens (tertiary/aromatic N) is 12. The Morgan fingerprint density at radius 1 is 0.436 bits per heavy atom. The molecule has 0 spiro atoms. The third-order valence-electron chi connectivity index (χ3n) is 12.7. The number of rotatable bonds is 16. The highest BCUT2D eigenvalue weighted by molar-refractivity contribution is 6.44. The number of benzene rings is 4. The number of hydrogen-bond donors (Lipinski definition) is 1. The number of ether oxygens (including phenoxy) is 9. The number of aromatic nitrogens is 4. The molecule has 0 bridgehead atoms. The first kappa shape index (κ1) is 80.8. The summed E-state index contributed by atoms with van der Waals surface area (Å²) in [6.45, 7) is 18.8. The van der Waals surface area contributed by atoms with Gasteiger partial charge < -0.3 is 47.7 Å². The molecular formula is C63H70Cl4N12O22. The van der Waals surface area contributed by atoms with Crippen LogP contribution in [0.15, 0.2) is 73.3 Å². The number of amides is 8. The lowest BCUT2D eigenvalue weighted by Gasteiger charge is -2.31. The predicted molar refractivity (Wildman–Crippen MR) is 369 cm³/mol. The number of anilines is 8. The molecule has 8 amide bonds.